The second-order valence-corrected chi connectivity index (χ2v) is 7.40. The lowest BCUT2D eigenvalue weighted by atomic mass is 10.1. The summed E-state index contributed by atoms with van der Waals surface area (Å²) in [5, 5.41) is 9.14. The molecule has 0 saturated heterocycles. The molecule has 2 aromatic carbocycles. The summed E-state index contributed by atoms with van der Waals surface area (Å²) in [6.07, 6.45) is 1.76. The van der Waals surface area contributed by atoms with Crippen LogP contribution in [-0.4, -0.2) is 26.2 Å². The fraction of sp³-hybridized carbons (Fsp3) is 0.150. The van der Waals surface area contributed by atoms with Gasteiger partial charge in [0.05, 0.1) is 5.25 Å². The second kappa shape index (κ2) is 6.80. The Bertz CT molecular complexity index is 1070. The predicted molar refractivity (Wildman–Crippen MR) is 102 cm³/mol. The summed E-state index contributed by atoms with van der Waals surface area (Å²) in [5.74, 6) is 0.488. The van der Waals surface area contributed by atoms with E-state index in [2.05, 4.69) is 15.2 Å². The number of fused-ring (bicyclic) bond motifs is 1. The van der Waals surface area contributed by atoms with Gasteiger partial charge in [0.25, 0.3) is 5.22 Å². The molecule has 0 bridgehead atoms. The maximum atomic E-state index is 12.8. The SMILES string of the molecule is Cc1ccc(-c2nnc(S[C@@H](C)C(=O)c3c[nH]c4ccccc34)o2)cc1. The number of nitrogens with one attached hydrogen (secondary N) is 1. The quantitative estimate of drug-likeness (QED) is 0.404. The van der Waals surface area contributed by atoms with Crippen molar-refractivity contribution in [2.75, 3.05) is 0 Å². The average molecular weight is 363 g/mol. The van der Waals surface area contributed by atoms with E-state index in [1.807, 2.05) is 62.4 Å². The number of nitrogens with zero attached hydrogens (tertiary/aromatic N) is 2. The number of benzene rings is 2. The number of Topliss-reactive ketones (excluding diaryl/α,β-unsaturated/α-hetero) is 1. The van der Waals surface area contributed by atoms with E-state index in [0.717, 1.165) is 16.5 Å². The predicted octanol–water partition coefficient (Wildman–Crippen LogP) is 4.89. The van der Waals surface area contributed by atoms with Gasteiger partial charge in [0.2, 0.25) is 5.89 Å². The van der Waals surface area contributed by atoms with E-state index in [-0.39, 0.29) is 11.0 Å². The number of carbonyl (C=O) groups is 1. The van der Waals surface area contributed by atoms with E-state index < -0.39 is 0 Å². The monoisotopic (exact) mass is 363 g/mol. The van der Waals surface area contributed by atoms with Crippen molar-refractivity contribution in [3.05, 3.63) is 65.9 Å². The van der Waals surface area contributed by atoms with Crippen LogP contribution in [0.5, 0.6) is 0 Å². The first kappa shape index (κ1) is 16.6. The molecule has 0 spiro atoms. The molecule has 6 heteroatoms. The van der Waals surface area contributed by atoms with Crippen LogP contribution in [-0.2, 0) is 0 Å². The van der Waals surface area contributed by atoms with Crippen LogP contribution in [0.25, 0.3) is 22.4 Å². The third-order valence-electron chi connectivity index (χ3n) is 4.21. The molecule has 130 valence electrons. The van der Waals surface area contributed by atoms with Crippen LogP contribution < -0.4 is 0 Å². The minimum Gasteiger partial charge on any atom is -0.411 e. The van der Waals surface area contributed by atoms with Gasteiger partial charge in [-0.1, -0.05) is 47.7 Å². The summed E-state index contributed by atoms with van der Waals surface area (Å²) in [6.45, 7) is 3.88. The molecule has 0 aliphatic heterocycles. The number of thioether (sulfide) groups is 1. The number of carbonyl (C=O) groups excluding carboxylic acids is 1. The molecule has 4 rings (SSSR count). The first-order valence-electron chi connectivity index (χ1n) is 8.29. The summed E-state index contributed by atoms with van der Waals surface area (Å²) in [7, 11) is 0. The van der Waals surface area contributed by atoms with Crippen LogP contribution in [0, 0.1) is 6.92 Å². The molecule has 26 heavy (non-hydrogen) atoms. The Kier molecular flexibility index (Phi) is 4.34. The van der Waals surface area contributed by atoms with Gasteiger partial charge < -0.3 is 9.40 Å². The Morgan fingerprint density at radius 1 is 1.12 bits per heavy atom. The lowest BCUT2D eigenvalue weighted by Crippen LogP contribution is -2.13. The van der Waals surface area contributed by atoms with Gasteiger partial charge in [-0.2, -0.15) is 0 Å². The van der Waals surface area contributed by atoms with Gasteiger partial charge in [-0.25, -0.2) is 0 Å². The molecular formula is C20H17N3O2S. The molecule has 1 N–H and O–H groups in total. The largest absolute Gasteiger partial charge is 0.411 e. The highest BCUT2D eigenvalue weighted by Gasteiger charge is 2.22. The Hall–Kier alpha value is -2.86. The molecule has 0 saturated carbocycles. The van der Waals surface area contributed by atoms with Gasteiger partial charge in [0, 0.05) is 28.2 Å². The summed E-state index contributed by atoms with van der Waals surface area (Å²) < 4.78 is 5.72. The first-order chi connectivity index (χ1) is 12.6. The third kappa shape index (κ3) is 3.15. The maximum Gasteiger partial charge on any atom is 0.277 e. The van der Waals surface area contributed by atoms with Crippen molar-refractivity contribution in [1.29, 1.82) is 0 Å². The van der Waals surface area contributed by atoms with Crippen molar-refractivity contribution in [2.45, 2.75) is 24.3 Å². The van der Waals surface area contributed by atoms with Crippen LogP contribution in [0.1, 0.15) is 22.8 Å². The van der Waals surface area contributed by atoms with Gasteiger partial charge in [-0.05, 0) is 32.0 Å². The Balaban J connectivity index is 1.52. The molecule has 5 nitrogen and oxygen atoms in total. The summed E-state index contributed by atoms with van der Waals surface area (Å²) in [5.41, 5.74) is 3.66. The minimum atomic E-state index is -0.333. The molecule has 0 aliphatic carbocycles. The summed E-state index contributed by atoms with van der Waals surface area (Å²) in [6, 6.07) is 15.6. The van der Waals surface area contributed by atoms with Crippen molar-refractivity contribution in [1.82, 2.24) is 15.2 Å². The van der Waals surface area contributed by atoms with Crippen molar-refractivity contribution in [2.24, 2.45) is 0 Å². The van der Waals surface area contributed by atoms with Gasteiger partial charge in [0.15, 0.2) is 5.78 Å². The molecule has 0 radical (unpaired) electrons. The first-order valence-corrected chi connectivity index (χ1v) is 9.17. The smallest absolute Gasteiger partial charge is 0.277 e. The zero-order valence-corrected chi connectivity index (χ0v) is 15.2. The number of aromatic nitrogens is 3. The number of hydrogen-bond acceptors (Lipinski definition) is 5. The molecule has 2 aromatic heterocycles. The number of aromatic amines is 1. The maximum absolute atomic E-state index is 12.8. The van der Waals surface area contributed by atoms with Crippen LogP contribution in [0.4, 0.5) is 0 Å². The van der Waals surface area contributed by atoms with Crippen LogP contribution >= 0.6 is 11.8 Å². The molecular weight excluding hydrogens is 346 g/mol. The molecule has 2 heterocycles. The lowest BCUT2D eigenvalue weighted by molar-refractivity contribution is 0.0995. The average Bonchev–Trinajstić information content (AvgIpc) is 3.29. The van der Waals surface area contributed by atoms with E-state index in [1.165, 1.54) is 17.3 Å². The van der Waals surface area contributed by atoms with Crippen LogP contribution in [0.3, 0.4) is 0 Å². The number of rotatable bonds is 5. The van der Waals surface area contributed by atoms with Crippen molar-refractivity contribution < 1.29 is 9.21 Å². The third-order valence-corrected chi connectivity index (χ3v) is 5.14. The molecule has 0 unspecified atom stereocenters. The van der Waals surface area contributed by atoms with Crippen molar-refractivity contribution in [3.63, 3.8) is 0 Å². The topological polar surface area (TPSA) is 71.8 Å². The Morgan fingerprint density at radius 2 is 1.88 bits per heavy atom. The van der Waals surface area contributed by atoms with Crippen molar-refractivity contribution in [3.8, 4) is 11.5 Å². The van der Waals surface area contributed by atoms with E-state index in [0.29, 0.717) is 16.7 Å². The standard InChI is InChI=1S/C20H17N3O2S/c1-12-7-9-14(10-8-12)19-22-23-20(25-19)26-13(2)18(24)16-11-21-17-6-4-3-5-15(16)17/h3-11,13,21H,1-2H3/t13-/m0/s1. The lowest BCUT2D eigenvalue weighted by Gasteiger charge is -2.06. The van der Waals surface area contributed by atoms with Gasteiger partial charge >= 0.3 is 0 Å². The highest BCUT2D eigenvalue weighted by molar-refractivity contribution is 8.00. The number of para-hydroxylation sites is 1. The number of ketones is 1. The van der Waals surface area contributed by atoms with E-state index >= 15 is 0 Å². The molecule has 0 fully saturated rings. The number of H-pyrrole nitrogens is 1. The molecule has 0 aliphatic rings. The fourth-order valence-corrected chi connectivity index (χ4v) is 3.52. The highest BCUT2D eigenvalue weighted by Crippen LogP contribution is 2.29. The Labute approximate surface area is 154 Å². The van der Waals surface area contributed by atoms with Crippen molar-refractivity contribution >= 4 is 28.4 Å². The zero-order valence-electron chi connectivity index (χ0n) is 14.4. The normalized spacial score (nSPS) is 12.4. The van der Waals surface area contributed by atoms with Gasteiger partial charge in [-0.15, -0.1) is 10.2 Å². The molecule has 1 atom stereocenters. The van der Waals surface area contributed by atoms with E-state index in [4.69, 9.17) is 4.42 Å². The second-order valence-electron chi connectivity index (χ2n) is 6.11. The number of hydrogen-bond donors (Lipinski definition) is 1. The number of aryl methyl sites for hydroxylation is 1. The zero-order chi connectivity index (χ0) is 18.1. The van der Waals surface area contributed by atoms with Crippen LogP contribution in [0.15, 0.2) is 64.4 Å². The fourth-order valence-electron chi connectivity index (χ4n) is 2.77. The van der Waals surface area contributed by atoms with E-state index in [1.54, 1.807) is 6.20 Å². The van der Waals surface area contributed by atoms with Crippen LogP contribution in [0.2, 0.25) is 0 Å². The van der Waals surface area contributed by atoms with Gasteiger partial charge in [0.1, 0.15) is 0 Å². The summed E-state index contributed by atoms with van der Waals surface area (Å²) >= 11 is 1.27. The highest BCUT2D eigenvalue weighted by atomic mass is 32.2. The Morgan fingerprint density at radius 3 is 2.69 bits per heavy atom. The summed E-state index contributed by atoms with van der Waals surface area (Å²) in [4.78, 5) is 15.9. The minimum absolute atomic E-state index is 0.0301. The molecule has 0 amide bonds. The molecule has 4 aromatic rings. The van der Waals surface area contributed by atoms with E-state index in [9.17, 15) is 4.79 Å². The van der Waals surface area contributed by atoms with Gasteiger partial charge in [-0.3, -0.25) is 4.79 Å².